The number of hydrogen-bond donors (Lipinski definition) is 0. The van der Waals surface area contributed by atoms with E-state index in [1.54, 1.807) is 30.5 Å². The Labute approximate surface area is 207 Å². The Bertz CT molecular complexity index is 1360. The van der Waals surface area contributed by atoms with E-state index < -0.39 is 0 Å². The number of benzene rings is 2. The van der Waals surface area contributed by atoms with E-state index in [1.165, 1.54) is 13.0 Å². The average Bonchev–Trinajstić information content (AvgIpc) is 2.81. The van der Waals surface area contributed by atoms with Gasteiger partial charge in [0.05, 0.1) is 5.56 Å². The van der Waals surface area contributed by atoms with Crippen molar-refractivity contribution in [2.24, 2.45) is 5.92 Å². The summed E-state index contributed by atoms with van der Waals surface area (Å²) < 4.78 is 16.9. The van der Waals surface area contributed by atoms with Crippen molar-refractivity contribution in [3.8, 4) is 0 Å². The van der Waals surface area contributed by atoms with Gasteiger partial charge in [-0.3, -0.25) is 9.59 Å². The fourth-order valence-electron chi connectivity index (χ4n) is 4.79. The van der Waals surface area contributed by atoms with E-state index in [2.05, 4.69) is 27.4 Å². The highest BCUT2D eigenvalue weighted by atomic mass is 19.1. The van der Waals surface area contributed by atoms with E-state index in [1.807, 2.05) is 42.7 Å². The van der Waals surface area contributed by atoms with Gasteiger partial charge in [-0.05, 0) is 67.0 Å². The van der Waals surface area contributed by atoms with Crippen molar-refractivity contribution in [2.45, 2.75) is 54.0 Å². The lowest BCUT2D eigenvalue weighted by atomic mass is 9.86. The number of aryl methyl sites for hydroxylation is 1. The molecule has 1 atom stereocenters. The predicted octanol–water partition coefficient (Wildman–Crippen LogP) is 7.75. The monoisotopic (exact) mass is 471 g/mol. The van der Waals surface area contributed by atoms with Crippen LogP contribution in [-0.4, -0.2) is 10.4 Å². The summed E-state index contributed by atoms with van der Waals surface area (Å²) in [5, 5.41) is 0. The molecule has 3 aromatic rings. The predicted molar refractivity (Wildman–Crippen MR) is 144 cm³/mol. The first kappa shape index (κ1) is 26.1. The number of pyridine rings is 1. The summed E-state index contributed by atoms with van der Waals surface area (Å²) in [7, 11) is 0. The normalized spacial score (nSPS) is 12.9. The molecule has 4 heteroatoms. The Morgan fingerprint density at radius 1 is 1.00 bits per heavy atom. The van der Waals surface area contributed by atoms with Crippen LogP contribution in [0.2, 0.25) is 0 Å². The van der Waals surface area contributed by atoms with Crippen molar-refractivity contribution >= 4 is 22.5 Å². The van der Waals surface area contributed by atoms with Crippen molar-refractivity contribution in [2.75, 3.05) is 0 Å². The number of nitrogens with zero attached hydrogens (tertiary/aromatic N) is 1. The van der Waals surface area contributed by atoms with Gasteiger partial charge in [0.25, 0.3) is 0 Å². The lowest BCUT2D eigenvalue weighted by Crippen LogP contribution is -2.24. The molecule has 2 aromatic carbocycles. The molecule has 0 aliphatic carbocycles. The minimum absolute atomic E-state index is 0.0681. The maximum absolute atomic E-state index is 14.9. The van der Waals surface area contributed by atoms with Gasteiger partial charge in [0, 0.05) is 29.6 Å². The SMILES string of the molecule is C=C(/C(=C(\C)c1cc(=O)c(C(C)=O)cn1[C@@H](CC)C(C)C)c1ccccc1C)c1ccccc1F. The molecule has 1 aromatic heterocycles. The Kier molecular flexibility index (Phi) is 8.06. The molecule has 0 fully saturated rings. The molecular formula is C31H34FNO2. The van der Waals surface area contributed by atoms with Crippen LogP contribution in [0.15, 0.2) is 72.2 Å². The lowest BCUT2D eigenvalue weighted by Gasteiger charge is -2.28. The molecule has 0 aliphatic heterocycles. The molecule has 0 aliphatic rings. The molecule has 3 rings (SSSR count). The summed E-state index contributed by atoms with van der Waals surface area (Å²) in [6.45, 7) is 16.0. The maximum Gasteiger partial charge on any atom is 0.192 e. The lowest BCUT2D eigenvalue weighted by molar-refractivity contribution is 0.101. The zero-order chi connectivity index (χ0) is 25.9. The van der Waals surface area contributed by atoms with Gasteiger partial charge in [0.1, 0.15) is 5.82 Å². The topological polar surface area (TPSA) is 39.1 Å². The molecule has 0 saturated carbocycles. The van der Waals surface area contributed by atoms with Crippen LogP contribution in [0.3, 0.4) is 0 Å². The molecule has 0 saturated heterocycles. The highest BCUT2D eigenvalue weighted by molar-refractivity contribution is 6.14. The third kappa shape index (κ3) is 5.27. The smallest absolute Gasteiger partial charge is 0.192 e. The van der Waals surface area contributed by atoms with Crippen LogP contribution in [-0.2, 0) is 0 Å². The van der Waals surface area contributed by atoms with Crippen LogP contribution in [0, 0.1) is 18.7 Å². The van der Waals surface area contributed by atoms with E-state index in [4.69, 9.17) is 0 Å². The molecule has 0 N–H and O–H groups in total. The molecule has 0 radical (unpaired) electrons. The number of hydrogen-bond acceptors (Lipinski definition) is 2. The Hall–Kier alpha value is -3.53. The standard InChI is InChI=1S/C31H34FNO2/c1-8-28(19(2)3)33-18-26(23(7)34)30(35)17-29(33)22(6)31(24-14-10-9-13-20(24)4)21(5)25-15-11-12-16-27(25)32/h9-19,28H,5,8H2,1-4,6-7H3/b31-22-/t28-/m0/s1. The Morgan fingerprint density at radius 3 is 2.14 bits per heavy atom. The number of carbonyl (C=O) groups excluding carboxylic acids is 1. The Balaban J connectivity index is 2.44. The first-order chi connectivity index (χ1) is 16.6. The van der Waals surface area contributed by atoms with Crippen LogP contribution in [0.25, 0.3) is 16.7 Å². The number of carbonyl (C=O) groups is 1. The van der Waals surface area contributed by atoms with Gasteiger partial charge in [-0.15, -0.1) is 0 Å². The summed E-state index contributed by atoms with van der Waals surface area (Å²) in [5.74, 6) is -0.342. The average molecular weight is 472 g/mol. The van der Waals surface area contributed by atoms with Gasteiger partial charge in [-0.2, -0.15) is 0 Å². The number of allylic oxidation sites excluding steroid dienone is 3. The molecule has 0 amide bonds. The second-order valence-corrected chi connectivity index (χ2v) is 9.39. The van der Waals surface area contributed by atoms with E-state index in [9.17, 15) is 14.0 Å². The van der Waals surface area contributed by atoms with Crippen molar-refractivity contribution in [3.05, 3.63) is 111 Å². The minimum atomic E-state index is -0.352. The maximum atomic E-state index is 14.9. The number of halogens is 1. The van der Waals surface area contributed by atoms with Crippen LogP contribution in [0.5, 0.6) is 0 Å². The summed E-state index contributed by atoms with van der Waals surface area (Å²) in [4.78, 5) is 25.2. The number of Topliss-reactive ketones (excluding diaryl/α,β-unsaturated/α-hetero) is 1. The number of rotatable bonds is 8. The van der Waals surface area contributed by atoms with Crippen LogP contribution in [0.4, 0.5) is 4.39 Å². The van der Waals surface area contributed by atoms with Gasteiger partial charge < -0.3 is 4.57 Å². The fourth-order valence-corrected chi connectivity index (χ4v) is 4.79. The minimum Gasteiger partial charge on any atom is -0.343 e. The van der Waals surface area contributed by atoms with Gasteiger partial charge in [0.15, 0.2) is 11.2 Å². The summed E-state index contributed by atoms with van der Waals surface area (Å²) >= 11 is 0. The highest BCUT2D eigenvalue weighted by Gasteiger charge is 2.23. The summed E-state index contributed by atoms with van der Waals surface area (Å²) in [6.07, 6.45) is 2.52. The van der Waals surface area contributed by atoms with Crippen molar-refractivity contribution in [3.63, 3.8) is 0 Å². The van der Waals surface area contributed by atoms with Gasteiger partial charge >= 0.3 is 0 Å². The largest absolute Gasteiger partial charge is 0.343 e. The highest BCUT2D eigenvalue weighted by Crippen LogP contribution is 2.39. The molecular weight excluding hydrogens is 437 g/mol. The van der Waals surface area contributed by atoms with Crippen LogP contribution < -0.4 is 5.43 Å². The van der Waals surface area contributed by atoms with Crippen molar-refractivity contribution in [1.82, 2.24) is 4.57 Å². The fraction of sp³-hybridized carbons (Fsp3) is 0.290. The number of aromatic nitrogens is 1. The molecule has 35 heavy (non-hydrogen) atoms. The molecule has 182 valence electrons. The van der Waals surface area contributed by atoms with Gasteiger partial charge in [-0.25, -0.2) is 4.39 Å². The second kappa shape index (κ2) is 10.8. The van der Waals surface area contributed by atoms with Gasteiger partial charge in [0.2, 0.25) is 0 Å². The molecule has 0 bridgehead atoms. The third-order valence-corrected chi connectivity index (χ3v) is 6.68. The second-order valence-electron chi connectivity index (χ2n) is 9.39. The number of ketones is 1. The van der Waals surface area contributed by atoms with E-state index in [0.717, 1.165) is 28.7 Å². The van der Waals surface area contributed by atoms with E-state index in [-0.39, 0.29) is 34.6 Å². The molecule has 3 nitrogen and oxygen atoms in total. The van der Waals surface area contributed by atoms with E-state index >= 15 is 0 Å². The molecule has 0 spiro atoms. The van der Waals surface area contributed by atoms with Crippen molar-refractivity contribution < 1.29 is 9.18 Å². The zero-order valence-electron chi connectivity index (χ0n) is 21.5. The first-order valence-corrected chi connectivity index (χ1v) is 12.1. The van der Waals surface area contributed by atoms with Gasteiger partial charge in [-0.1, -0.05) is 69.8 Å². The van der Waals surface area contributed by atoms with Crippen molar-refractivity contribution in [1.29, 1.82) is 0 Å². The molecule has 0 unspecified atom stereocenters. The third-order valence-electron chi connectivity index (χ3n) is 6.68. The quantitative estimate of drug-likeness (QED) is 0.249. The summed E-state index contributed by atoms with van der Waals surface area (Å²) in [6, 6.07) is 16.1. The van der Waals surface area contributed by atoms with E-state index in [0.29, 0.717) is 16.8 Å². The summed E-state index contributed by atoms with van der Waals surface area (Å²) in [5.41, 5.74) is 5.03. The van der Waals surface area contributed by atoms with Crippen LogP contribution >= 0.6 is 0 Å². The molecule has 1 heterocycles. The van der Waals surface area contributed by atoms with Crippen LogP contribution in [0.1, 0.15) is 79.8 Å². The zero-order valence-corrected chi connectivity index (χ0v) is 21.5. The Morgan fingerprint density at radius 2 is 1.60 bits per heavy atom. The first-order valence-electron chi connectivity index (χ1n) is 12.1.